The second kappa shape index (κ2) is 10.6. The number of carbonyl (C=O) groups is 2. The van der Waals surface area contributed by atoms with Gasteiger partial charge in [-0.05, 0) is 67.4 Å². The Hall–Kier alpha value is -3.91. The molecule has 3 aromatic rings. The van der Waals surface area contributed by atoms with Crippen LogP contribution in [0, 0.1) is 11.7 Å². The number of unbranched alkanes of at least 4 members (excludes halogenated alkanes) is 1. The van der Waals surface area contributed by atoms with Crippen LogP contribution in [-0.2, 0) is 14.4 Å². The molecule has 0 bridgehead atoms. The van der Waals surface area contributed by atoms with Crippen molar-refractivity contribution < 1.29 is 28.3 Å². The minimum absolute atomic E-state index is 0.314. The molecule has 0 aromatic heterocycles. The number of para-hydroxylation sites is 1. The van der Waals surface area contributed by atoms with Crippen LogP contribution in [0.2, 0.25) is 0 Å². The van der Waals surface area contributed by atoms with E-state index in [2.05, 4.69) is 6.92 Å². The van der Waals surface area contributed by atoms with Crippen LogP contribution in [-0.4, -0.2) is 31.1 Å². The molecule has 7 nitrogen and oxygen atoms in total. The zero-order chi connectivity index (χ0) is 25.9. The number of hydrogen-bond donors (Lipinski definition) is 0. The molecule has 192 valence electrons. The Balaban J connectivity index is 1.55. The number of hydrogen-bond acceptors (Lipinski definition) is 6. The van der Waals surface area contributed by atoms with E-state index in [0.29, 0.717) is 30.4 Å². The molecule has 5 rings (SSSR count). The highest BCUT2D eigenvalue weighted by atomic mass is 19.1. The third-order valence-corrected chi connectivity index (χ3v) is 6.58. The molecule has 2 aliphatic rings. The Kier molecular flexibility index (Phi) is 7.10. The monoisotopic (exact) mass is 504 g/mol. The van der Waals surface area contributed by atoms with E-state index in [-0.39, 0.29) is 0 Å². The zero-order valence-corrected chi connectivity index (χ0v) is 20.8. The van der Waals surface area contributed by atoms with Crippen molar-refractivity contribution in [2.24, 2.45) is 5.92 Å². The summed E-state index contributed by atoms with van der Waals surface area (Å²) < 4.78 is 25.3. The van der Waals surface area contributed by atoms with Crippen molar-refractivity contribution >= 4 is 23.2 Å². The van der Waals surface area contributed by atoms with Crippen molar-refractivity contribution in [3.63, 3.8) is 0 Å². The molecule has 0 aliphatic carbocycles. The lowest BCUT2D eigenvalue weighted by molar-refractivity contribution is -0.126. The Morgan fingerprint density at radius 2 is 1.62 bits per heavy atom. The SMILES string of the molecule is CCCCOc1ccc([C@@H]2[C@@H]3C(=O)N(c4ccc(F)cc4)C(=O)[C@@H]3ON2c2ccccc2)cc1OCC. The molecule has 0 radical (unpaired) electrons. The zero-order valence-electron chi connectivity index (χ0n) is 20.8. The van der Waals surface area contributed by atoms with E-state index >= 15 is 0 Å². The summed E-state index contributed by atoms with van der Waals surface area (Å²) in [5, 5.41) is 1.63. The predicted molar refractivity (Wildman–Crippen MR) is 137 cm³/mol. The summed E-state index contributed by atoms with van der Waals surface area (Å²) in [6.45, 7) is 5.01. The molecule has 2 saturated heterocycles. The van der Waals surface area contributed by atoms with E-state index in [1.807, 2.05) is 55.5 Å². The van der Waals surface area contributed by atoms with Crippen molar-refractivity contribution in [3.8, 4) is 11.5 Å². The van der Waals surface area contributed by atoms with Crippen LogP contribution in [0.3, 0.4) is 0 Å². The summed E-state index contributed by atoms with van der Waals surface area (Å²) in [5.74, 6) is -0.931. The molecule has 3 atom stereocenters. The molecule has 3 aromatic carbocycles. The van der Waals surface area contributed by atoms with Gasteiger partial charge in [-0.15, -0.1) is 0 Å². The highest BCUT2D eigenvalue weighted by Crippen LogP contribution is 2.48. The first-order chi connectivity index (χ1) is 18.0. The van der Waals surface area contributed by atoms with Crippen LogP contribution in [0.15, 0.2) is 72.8 Å². The van der Waals surface area contributed by atoms with Gasteiger partial charge in [-0.25, -0.2) is 14.4 Å². The van der Waals surface area contributed by atoms with Crippen LogP contribution in [0.5, 0.6) is 11.5 Å². The van der Waals surface area contributed by atoms with E-state index in [0.717, 1.165) is 29.0 Å². The van der Waals surface area contributed by atoms with E-state index in [9.17, 15) is 14.0 Å². The molecule has 0 saturated carbocycles. The number of benzene rings is 3. The minimum Gasteiger partial charge on any atom is -0.490 e. The van der Waals surface area contributed by atoms with Gasteiger partial charge in [0.05, 0.1) is 30.6 Å². The summed E-state index contributed by atoms with van der Waals surface area (Å²) in [7, 11) is 0. The molecule has 37 heavy (non-hydrogen) atoms. The van der Waals surface area contributed by atoms with Gasteiger partial charge in [-0.3, -0.25) is 14.4 Å². The van der Waals surface area contributed by atoms with Crippen molar-refractivity contribution in [1.82, 2.24) is 0 Å². The first-order valence-electron chi connectivity index (χ1n) is 12.6. The number of carbonyl (C=O) groups excluding carboxylic acids is 2. The molecular weight excluding hydrogens is 475 g/mol. The van der Waals surface area contributed by atoms with E-state index < -0.39 is 35.7 Å². The van der Waals surface area contributed by atoms with Gasteiger partial charge < -0.3 is 9.47 Å². The van der Waals surface area contributed by atoms with Gasteiger partial charge >= 0.3 is 0 Å². The number of anilines is 2. The molecular formula is C29H29FN2O5. The Morgan fingerprint density at radius 3 is 2.32 bits per heavy atom. The fourth-order valence-corrected chi connectivity index (χ4v) is 4.82. The number of hydroxylamine groups is 1. The van der Waals surface area contributed by atoms with Crippen LogP contribution in [0.4, 0.5) is 15.8 Å². The maximum absolute atomic E-state index is 13.7. The van der Waals surface area contributed by atoms with Crippen LogP contribution in [0.25, 0.3) is 0 Å². The molecule has 2 fully saturated rings. The van der Waals surface area contributed by atoms with Gasteiger partial charge in [0, 0.05) is 0 Å². The summed E-state index contributed by atoms with van der Waals surface area (Å²) in [5.41, 5.74) is 1.79. The fourth-order valence-electron chi connectivity index (χ4n) is 4.82. The first-order valence-corrected chi connectivity index (χ1v) is 12.6. The van der Waals surface area contributed by atoms with Crippen molar-refractivity contribution in [2.45, 2.75) is 38.8 Å². The van der Waals surface area contributed by atoms with Gasteiger partial charge in [-0.2, -0.15) is 0 Å². The number of fused-ring (bicyclic) bond motifs is 1. The van der Waals surface area contributed by atoms with E-state index in [1.54, 1.807) is 5.06 Å². The predicted octanol–water partition coefficient (Wildman–Crippen LogP) is 5.45. The first kappa shape index (κ1) is 24.8. The topological polar surface area (TPSA) is 68.3 Å². The lowest BCUT2D eigenvalue weighted by Crippen LogP contribution is -2.37. The Bertz CT molecular complexity index is 1270. The standard InChI is InChI=1S/C29H29FN2O5/c1-3-5-17-36-23-16-11-19(18-24(23)35-4-2)26-25-27(37-32(26)22-9-7-6-8-10-22)29(34)31(28(25)33)21-14-12-20(30)13-15-21/h6-16,18,25-27H,3-5,17H2,1-2H3/t25-,26+,27+/m0/s1. The van der Waals surface area contributed by atoms with Gasteiger partial charge in [0.25, 0.3) is 5.91 Å². The third-order valence-electron chi connectivity index (χ3n) is 6.58. The second-order valence-electron chi connectivity index (χ2n) is 8.99. The number of nitrogens with zero attached hydrogens (tertiary/aromatic N) is 2. The Morgan fingerprint density at radius 1 is 0.865 bits per heavy atom. The van der Waals surface area contributed by atoms with Gasteiger partial charge in [0.2, 0.25) is 5.91 Å². The summed E-state index contributed by atoms with van der Waals surface area (Å²) in [6.07, 6.45) is 0.918. The molecule has 8 heteroatoms. The summed E-state index contributed by atoms with van der Waals surface area (Å²) in [6, 6.07) is 19.6. The average Bonchev–Trinajstić information content (AvgIpc) is 3.42. The van der Waals surface area contributed by atoms with Crippen molar-refractivity contribution in [2.75, 3.05) is 23.2 Å². The quantitative estimate of drug-likeness (QED) is 0.285. The number of rotatable bonds is 9. The van der Waals surface area contributed by atoms with E-state index in [4.69, 9.17) is 14.3 Å². The molecule has 2 aliphatic heterocycles. The number of halogens is 1. The van der Waals surface area contributed by atoms with Crippen LogP contribution >= 0.6 is 0 Å². The lowest BCUT2D eigenvalue weighted by Gasteiger charge is -2.29. The van der Waals surface area contributed by atoms with E-state index in [1.165, 1.54) is 24.3 Å². The highest BCUT2D eigenvalue weighted by molar-refractivity contribution is 6.23. The van der Waals surface area contributed by atoms with Gasteiger partial charge in [-0.1, -0.05) is 37.6 Å². The maximum atomic E-state index is 13.7. The third kappa shape index (κ3) is 4.64. The van der Waals surface area contributed by atoms with Crippen molar-refractivity contribution in [1.29, 1.82) is 0 Å². The number of ether oxygens (including phenoxy) is 2. The number of amides is 2. The smallest absolute Gasteiger partial charge is 0.266 e. The molecule has 2 amide bonds. The van der Waals surface area contributed by atoms with Crippen LogP contribution < -0.4 is 19.4 Å². The Labute approximate surface area is 215 Å². The summed E-state index contributed by atoms with van der Waals surface area (Å²) >= 11 is 0. The molecule has 2 heterocycles. The lowest BCUT2D eigenvalue weighted by atomic mass is 9.90. The van der Waals surface area contributed by atoms with Gasteiger partial charge in [0.15, 0.2) is 17.6 Å². The fraction of sp³-hybridized carbons (Fsp3) is 0.310. The molecule has 0 spiro atoms. The average molecular weight is 505 g/mol. The normalized spacial score (nSPS) is 20.9. The summed E-state index contributed by atoms with van der Waals surface area (Å²) in [4.78, 5) is 34.4. The highest BCUT2D eigenvalue weighted by Gasteiger charge is 2.60. The minimum atomic E-state index is -1.02. The largest absolute Gasteiger partial charge is 0.490 e. The molecule has 0 N–H and O–H groups in total. The van der Waals surface area contributed by atoms with Crippen molar-refractivity contribution in [3.05, 3.63) is 84.2 Å². The van der Waals surface area contributed by atoms with Gasteiger partial charge in [0.1, 0.15) is 11.7 Å². The number of imide groups is 1. The second-order valence-corrected chi connectivity index (χ2v) is 8.99. The molecule has 0 unspecified atom stereocenters. The van der Waals surface area contributed by atoms with Crippen LogP contribution in [0.1, 0.15) is 38.3 Å². The maximum Gasteiger partial charge on any atom is 0.266 e.